The Morgan fingerprint density at radius 3 is 2.59 bits per heavy atom. The first kappa shape index (κ1) is 12.7. The van der Waals surface area contributed by atoms with Crippen molar-refractivity contribution in [2.24, 2.45) is 5.73 Å². The Kier molecular flexibility index (Phi) is 4.31. The van der Waals surface area contributed by atoms with Gasteiger partial charge in [-0.15, -0.1) is 11.3 Å². The van der Waals surface area contributed by atoms with E-state index in [4.69, 9.17) is 5.73 Å². The third-order valence-electron chi connectivity index (χ3n) is 2.54. The van der Waals surface area contributed by atoms with Crippen LogP contribution >= 0.6 is 27.3 Å². The average molecular weight is 311 g/mol. The second-order valence-electron chi connectivity index (χ2n) is 4.14. The van der Waals surface area contributed by atoms with Gasteiger partial charge in [-0.1, -0.05) is 28.1 Å². The Morgan fingerprint density at radius 2 is 2.00 bits per heavy atom. The minimum atomic E-state index is 0.163. The first-order valence-corrected chi connectivity index (χ1v) is 7.16. The summed E-state index contributed by atoms with van der Waals surface area (Å²) in [7, 11) is 0. The van der Waals surface area contributed by atoms with E-state index in [-0.39, 0.29) is 6.04 Å². The summed E-state index contributed by atoms with van der Waals surface area (Å²) in [6.07, 6.45) is 3.74. The molecule has 2 nitrogen and oxygen atoms in total. The lowest BCUT2D eigenvalue weighted by Crippen LogP contribution is -2.25. The number of nitrogens with two attached hydrogens (primary N) is 1. The highest BCUT2D eigenvalue weighted by Crippen LogP contribution is 2.16. The van der Waals surface area contributed by atoms with E-state index in [1.54, 1.807) is 11.3 Å². The molecule has 0 aliphatic carbocycles. The molecule has 0 radical (unpaired) electrons. The second kappa shape index (κ2) is 5.76. The first-order chi connectivity index (χ1) is 8.13. The Morgan fingerprint density at radius 1 is 1.29 bits per heavy atom. The van der Waals surface area contributed by atoms with Crippen LogP contribution in [0.4, 0.5) is 0 Å². The standard InChI is InChI=1S/C13H15BrN2S/c1-9-16-8-13(17-9)7-12(15)6-10-2-4-11(14)5-3-10/h2-5,8,12H,6-7,15H2,1H3. The number of rotatable bonds is 4. The monoisotopic (exact) mass is 310 g/mol. The summed E-state index contributed by atoms with van der Waals surface area (Å²) in [5, 5.41) is 1.11. The van der Waals surface area contributed by atoms with E-state index >= 15 is 0 Å². The van der Waals surface area contributed by atoms with Crippen LogP contribution in [0.2, 0.25) is 0 Å². The van der Waals surface area contributed by atoms with Gasteiger partial charge in [-0.25, -0.2) is 4.98 Å². The lowest BCUT2D eigenvalue weighted by Gasteiger charge is -2.10. The molecule has 2 aromatic rings. The zero-order valence-corrected chi connectivity index (χ0v) is 12.1. The van der Waals surface area contributed by atoms with E-state index in [2.05, 4.69) is 45.2 Å². The lowest BCUT2D eigenvalue weighted by molar-refractivity contribution is 0.670. The minimum Gasteiger partial charge on any atom is -0.327 e. The van der Waals surface area contributed by atoms with E-state index in [1.807, 2.05) is 13.1 Å². The van der Waals surface area contributed by atoms with Crippen molar-refractivity contribution in [3.05, 3.63) is 50.4 Å². The van der Waals surface area contributed by atoms with E-state index in [0.29, 0.717) is 0 Å². The van der Waals surface area contributed by atoms with Crippen LogP contribution in [0.1, 0.15) is 15.4 Å². The van der Waals surface area contributed by atoms with Gasteiger partial charge in [0.2, 0.25) is 0 Å². The van der Waals surface area contributed by atoms with Gasteiger partial charge in [0, 0.05) is 21.6 Å². The molecule has 0 aliphatic heterocycles. The third-order valence-corrected chi connectivity index (χ3v) is 4.01. The van der Waals surface area contributed by atoms with Crippen LogP contribution in [0.25, 0.3) is 0 Å². The number of aryl methyl sites for hydroxylation is 1. The largest absolute Gasteiger partial charge is 0.327 e. The van der Waals surface area contributed by atoms with E-state index < -0.39 is 0 Å². The Balaban J connectivity index is 1.93. The van der Waals surface area contributed by atoms with Crippen LogP contribution in [0.5, 0.6) is 0 Å². The van der Waals surface area contributed by atoms with Crippen molar-refractivity contribution < 1.29 is 0 Å². The smallest absolute Gasteiger partial charge is 0.0896 e. The van der Waals surface area contributed by atoms with Gasteiger partial charge in [0.15, 0.2) is 0 Å². The number of hydrogen-bond donors (Lipinski definition) is 1. The fourth-order valence-electron chi connectivity index (χ4n) is 1.75. The number of hydrogen-bond acceptors (Lipinski definition) is 3. The van der Waals surface area contributed by atoms with Crippen molar-refractivity contribution in [2.45, 2.75) is 25.8 Å². The van der Waals surface area contributed by atoms with Crippen LogP contribution in [0, 0.1) is 6.92 Å². The van der Waals surface area contributed by atoms with E-state index in [1.165, 1.54) is 10.4 Å². The normalized spacial score (nSPS) is 12.6. The molecule has 4 heteroatoms. The molecule has 0 spiro atoms. The number of aromatic nitrogens is 1. The van der Waals surface area contributed by atoms with Crippen molar-refractivity contribution in [1.29, 1.82) is 0 Å². The molecule has 0 bridgehead atoms. The molecule has 0 saturated carbocycles. The molecule has 1 atom stereocenters. The Labute approximate surface area is 114 Å². The molecule has 1 aromatic heterocycles. The predicted octanol–water partition coefficient (Wildman–Crippen LogP) is 3.33. The Hall–Kier alpha value is -0.710. The predicted molar refractivity (Wildman–Crippen MR) is 76.4 cm³/mol. The van der Waals surface area contributed by atoms with Crippen molar-refractivity contribution in [3.8, 4) is 0 Å². The Bertz CT molecular complexity index is 478. The molecule has 1 heterocycles. The van der Waals surface area contributed by atoms with Gasteiger partial charge in [-0.2, -0.15) is 0 Å². The summed E-state index contributed by atoms with van der Waals surface area (Å²) in [6, 6.07) is 8.50. The van der Waals surface area contributed by atoms with Gasteiger partial charge in [0.1, 0.15) is 0 Å². The highest BCUT2D eigenvalue weighted by molar-refractivity contribution is 9.10. The summed E-state index contributed by atoms with van der Waals surface area (Å²) in [5.74, 6) is 0. The van der Waals surface area contributed by atoms with Crippen molar-refractivity contribution in [2.75, 3.05) is 0 Å². The molecule has 0 saturated heterocycles. The molecule has 2 N–H and O–H groups in total. The fraction of sp³-hybridized carbons (Fsp3) is 0.308. The van der Waals surface area contributed by atoms with Gasteiger partial charge in [0.25, 0.3) is 0 Å². The summed E-state index contributed by atoms with van der Waals surface area (Å²) in [5.41, 5.74) is 7.43. The molecular weight excluding hydrogens is 296 g/mol. The van der Waals surface area contributed by atoms with Gasteiger partial charge in [0.05, 0.1) is 5.01 Å². The lowest BCUT2D eigenvalue weighted by atomic mass is 10.0. The summed E-state index contributed by atoms with van der Waals surface area (Å²) in [6.45, 7) is 2.02. The van der Waals surface area contributed by atoms with Gasteiger partial charge < -0.3 is 5.73 Å². The summed E-state index contributed by atoms with van der Waals surface area (Å²) in [4.78, 5) is 5.52. The molecule has 2 rings (SSSR count). The molecule has 0 fully saturated rings. The number of benzene rings is 1. The molecule has 1 aromatic carbocycles. The van der Waals surface area contributed by atoms with Crippen molar-refractivity contribution in [3.63, 3.8) is 0 Å². The maximum Gasteiger partial charge on any atom is 0.0896 e. The quantitative estimate of drug-likeness (QED) is 0.940. The van der Waals surface area contributed by atoms with Crippen LogP contribution in [-0.4, -0.2) is 11.0 Å². The summed E-state index contributed by atoms with van der Waals surface area (Å²) < 4.78 is 1.10. The van der Waals surface area contributed by atoms with E-state index in [0.717, 1.165) is 22.3 Å². The van der Waals surface area contributed by atoms with Gasteiger partial charge >= 0.3 is 0 Å². The third kappa shape index (κ3) is 3.91. The van der Waals surface area contributed by atoms with Crippen LogP contribution < -0.4 is 5.73 Å². The number of nitrogens with zero attached hydrogens (tertiary/aromatic N) is 1. The minimum absolute atomic E-state index is 0.163. The maximum absolute atomic E-state index is 6.15. The van der Waals surface area contributed by atoms with E-state index in [9.17, 15) is 0 Å². The first-order valence-electron chi connectivity index (χ1n) is 5.55. The zero-order valence-electron chi connectivity index (χ0n) is 9.69. The summed E-state index contributed by atoms with van der Waals surface area (Å²) >= 11 is 5.16. The fourth-order valence-corrected chi connectivity index (χ4v) is 2.91. The van der Waals surface area contributed by atoms with Crippen molar-refractivity contribution in [1.82, 2.24) is 4.98 Å². The van der Waals surface area contributed by atoms with Crippen LogP contribution in [0.15, 0.2) is 34.9 Å². The number of thiazole rings is 1. The molecule has 90 valence electrons. The van der Waals surface area contributed by atoms with Crippen LogP contribution in [0.3, 0.4) is 0 Å². The zero-order chi connectivity index (χ0) is 12.3. The van der Waals surface area contributed by atoms with Gasteiger partial charge in [-0.3, -0.25) is 0 Å². The topological polar surface area (TPSA) is 38.9 Å². The van der Waals surface area contributed by atoms with Crippen LogP contribution in [-0.2, 0) is 12.8 Å². The molecule has 17 heavy (non-hydrogen) atoms. The molecule has 1 unspecified atom stereocenters. The average Bonchev–Trinajstić information content (AvgIpc) is 2.67. The second-order valence-corrected chi connectivity index (χ2v) is 6.38. The van der Waals surface area contributed by atoms with Gasteiger partial charge in [-0.05, 0) is 37.5 Å². The molecule has 0 amide bonds. The highest BCUT2D eigenvalue weighted by atomic mass is 79.9. The van der Waals surface area contributed by atoms with Crippen molar-refractivity contribution >= 4 is 27.3 Å². The highest BCUT2D eigenvalue weighted by Gasteiger charge is 2.07. The SMILES string of the molecule is Cc1ncc(CC(N)Cc2ccc(Br)cc2)s1. The molecular formula is C13H15BrN2S. The maximum atomic E-state index is 6.15. The number of halogens is 1. The molecule has 0 aliphatic rings.